The van der Waals surface area contributed by atoms with E-state index in [1.165, 1.54) is 12.1 Å². The number of pyridine rings is 2. The number of aromatic nitrogens is 2. The monoisotopic (exact) mass is 600 g/mol. The third-order valence-corrected chi connectivity index (χ3v) is 6.18. The Bertz CT molecular complexity index is 1420. The Balaban J connectivity index is 0.000000222. The van der Waals surface area contributed by atoms with Crippen LogP contribution in [0.25, 0.3) is 11.1 Å². The highest BCUT2D eigenvalue weighted by Crippen LogP contribution is 2.24. The van der Waals surface area contributed by atoms with Gasteiger partial charge in [0, 0.05) is 28.0 Å². The van der Waals surface area contributed by atoms with Gasteiger partial charge in [0.05, 0.1) is 46.9 Å². The molecule has 0 amide bonds. The van der Waals surface area contributed by atoms with Crippen LogP contribution in [0.1, 0.15) is 61.4 Å². The molecule has 0 aliphatic carbocycles. The fourth-order valence-corrected chi connectivity index (χ4v) is 3.66. The lowest BCUT2D eigenvalue weighted by atomic mass is 9.77. The van der Waals surface area contributed by atoms with E-state index >= 15 is 0 Å². The summed E-state index contributed by atoms with van der Waals surface area (Å²) in [6, 6.07) is 25.2. The third kappa shape index (κ3) is 9.69. The topological polar surface area (TPSA) is 154 Å². The average Bonchev–Trinajstić information content (AvgIpc) is 3.01. The summed E-state index contributed by atoms with van der Waals surface area (Å²) >= 11 is 3.27. The molecule has 4 aromatic rings. The maximum absolute atomic E-state index is 9.68. The lowest BCUT2D eigenvalue weighted by Gasteiger charge is -2.08. The average molecular weight is 601 g/mol. The van der Waals surface area contributed by atoms with Gasteiger partial charge in [0.25, 0.3) is 0 Å². The first-order chi connectivity index (χ1) is 19.2. The van der Waals surface area contributed by atoms with E-state index in [2.05, 4.69) is 32.0 Å². The van der Waals surface area contributed by atoms with Crippen LogP contribution in [0.2, 0.25) is 0 Å². The molecule has 0 saturated heterocycles. The molecular formula is C30H30BBrN4O4. The molecule has 2 unspecified atom stereocenters. The second-order valence-electron chi connectivity index (χ2n) is 8.45. The van der Waals surface area contributed by atoms with Gasteiger partial charge in [-0.25, -0.2) is 0 Å². The van der Waals surface area contributed by atoms with E-state index in [0.29, 0.717) is 29.7 Å². The van der Waals surface area contributed by atoms with E-state index < -0.39 is 19.3 Å². The van der Waals surface area contributed by atoms with Crippen LogP contribution in [0.3, 0.4) is 0 Å². The first-order valence-corrected chi connectivity index (χ1v) is 13.3. The van der Waals surface area contributed by atoms with Crippen LogP contribution < -0.4 is 5.46 Å². The molecule has 2 heterocycles. The van der Waals surface area contributed by atoms with Crippen LogP contribution in [0.4, 0.5) is 0 Å². The fourth-order valence-electron chi connectivity index (χ4n) is 3.42. The molecule has 2 atom stereocenters. The van der Waals surface area contributed by atoms with Crippen LogP contribution in [0.15, 0.2) is 89.7 Å². The van der Waals surface area contributed by atoms with Crippen LogP contribution in [-0.2, 0) is 0 Å². The van der Waals surface area contributed by atoms with Gasteiger partial charge < -0.3 is 20.3 Å². The zero-order valence-electron chi connectivity index (χ0n) is 22.2. The van der Waals surface area contributed by atoms with Crippen molar-refractivity contribution in [2.75, 3.05) is 0 Å². The molecule has 4 N–H and O–H groups in total. The molecule has 0 spiro atoms. The van der Waals surface area contributed by atoms with E-state index in [0.717, 1.165) is 21.3 Å². The van der Waals surface area contributed by atoms with E-state index in [1.807, 2.05) is 56.3 Å². The lowest BCUT2D eigenvalue weighted by Crippen LogP contribution is -2.31. The van der Waals surface area contributed by atoms with Gasteiger partial charge in [0.15, 0.2) is 0 Å². The summed E-state index contributed by atoms with van der Waals surface area (Å²) < 4.78 is 0.935. The van der Waals surface area contributed by atoms with Crippen molar-refractivity contribution in [1.29, 1.82) is 10.5 Å². The minimum absolute atomic E-state index is 0.245. The fraction of sp³-hybridized carbons (Fsp3) is 0.200. The molecule has 0 fully saturated rings. The zero-order chi connectivity index (χ0) is 29.5. The Morgan fingerprint density at radius 3 is 1.73 bits per heavy atom. The number of hydrogen-bond acceptors (Lipinski definition) is 8. The Kier molecular flexibility index (Phi) is 13.7. The number of benzene rings is 2. The molecule has 0 radical (unpaired) electrons. The second kappa shape index (κ2) is 16.9. The van der Waals surface area contributed by atoms with E-state index in [9.17, 15) is 10.2 Å². The smallest absolute Gasteiger partial charge is 0.423 e. The first-order valence-electron chi connectivity index (χ1n) is 12.5. The normalized spacial score (nSPS) is 11.3. The van der Waals surface area contributed by atoms with Crippen molar-refractivity contribution in [3.63, 3.8) is 0 Å². The highest BCUT2D eigenvalue weighted by Gasteiger charge is 2.14. The van der Waals surface area contributed by atoms with Crippen molar-refractivity contribution in [2.24, 2.45) is 0 Å². The van der Waals surface area contributed by atoms with Gasteiger partial charge in [-0.2, -0.15) is 10.5 Å². The van der Waals surface area contributed by atoms with Gasteiger partial charge in [0.2, 0.25) is 0 Å². The van der Waals surface area contributed by atoms with Crippen molar-refractivity contribution in [1.82, 2.24) is 9.97 Å². The third-order valence-electron chi connectivity index (χ3n) is 5.71. The maximum atomic E-state index is 9.68. The second-order valence-corrected chi connectivity index (χ2v) is 9.37. The summed E-state index contributed by atoms with van der Waals surface area (Å²) in [4.78, 5) is 8.29. The Morgan fingerprint density at radius 2 is 1.27 bits per heavy atom. The van der Waals surface area contributed by atoms with Crippen molar-refractivity contribution in [3.05, 3.63) is 112 Å². The van der Waals surface area contributed by atoms with Gasteiger partial charge in [0.1, 0.15) is 0 Å². The van der Waals surface area contributed by atoms with Crippen LogP contribution in [-0.4, -0.2) is 37.3 Å². The molecule has 8 nitrogen and oxygen atoms in total. The van der Waals surface area contributed by atoms with Crippen molar-refractivity contribution in [3.8, 4) is 23.3 Å². The minimum atomic E-state index is -1.56. The van der Waals surface area contributed by atoms with E-state index in [-0.39, 0.29) is 5.46 Å². The number of nitrogens with zero attached hydrogens (tertiary/aromatic N) is 4. The number of rotatable bonds is 6. The van der Waals surface area contributed by atoms with Crippen molar-refractivity contribution in [2.45, 2.75) is 38.9 Å². The van der Waals surface area contributed by atoms with Crippen LogP contribution in [0, 0.1) is 22.7 Å². The van der Waals surface area contributed by atoms with Gasteiger partial charge in [-0.3, -0.25) is 9.97 Å². The molecule has 2 aromatic carbocycles. The molecule has 0 aliphatic rings. The summed E-state index contributed by atoms with van der Waals surface area (Å²) in [5.41, 5.74) is 4.32. The van der Waals surface area contributed by atoms with Gasteiger partial charge in [-0.15, -0.1) is 0 Å². The molecule has 0 saturated carbocycles. The van der Waals surface area contributed by atoms with Crippen LogP contribution >= 0.6 is 15.9 Å². The molecule has 4 rings (SSSR count). The number of aliphatic hydroxyl groups is 2. The summed E-state index contributed by atoms with van der Waals surface area (Å²) in [5.74, 6) is 0. The highest BCUT2D eigenvalue weighted by atomic mass is 79.9. The Labute approximate surface area is 243 Å². The van der Waals surface area contributed by atoms with Gasteiger partial charge in [-0.1, -0.05) is 56.3 Å². The summed E-state index contributed by atoms with van der Waals surface area (Å²) in [5, 5.41) is 54.0. The van der Waals surface area contributed by atoms with Crippen molar-refractivity contribution < 1.29 is 20.3 Å². The molecule has 10 heteroatoms. The van der Waals surface area contributed by atoms with E-state index in [1.54, 1.807) is 36.7 Å². The Hall–Kier alpha value is -3.90. The lowest BCUT2D eigenvalue weighted by molar-refractivity contribution is 0.168. The van der Waals surface area contributed by atoms with E-state index in [4.69, 9.17) is 20.6 Å². The molecule has 0 bridgehead atoms. The predicted molar refractivity (Wildman–Crippen MR) is 158 cm³/mol. The summed E-state index contributed by atoms with van der Waals surface area (Å²) in [7, 11) is -1.56. The summed E-state index contributed by atoms with van der Waals surface area (Å²) in [6.07, 6.45) is 3.78. The van der Waals surface area contributed by atoms with Crippen molar-refractivity contribution >= 4 is 28.5 Å². The number of aliphatic hydroxyl groups excluding tert-OH is 2. The molecule has 2 aromatic heterocycles. The molecular weight excluding hydrogens is 571 g/mol. The molecule has 0 aliphatic heterocycles. The Morgan fingerprint density at radius 1 is 0.750 bits per heavy atom. The molecule has 40 heavy (non-hydrogen) atoms. The van der Waals surface area contributed by atoms with Gasteiger partial charge in [-0.05, 0) is 64.6 Å². The molecule has 204 valence electrons. The van der Waals surface area contributed by atoms with Crippen LogP contribution in [0.5, 0.6) is 0 Å². The largest absolute Gasteiger partial charge is 0.489 e. The quantitative estimate of drug-likeness (QED) is 0.234. The number of halogens is 1. The maximum Gasteiger partial charge on any atom is 0.489 e. The standard InChI is InChI=1S/C15H14N2O.C8H10BrNO.C7H6BNO2/c1-2-15(18)14-8-7-12(10-17-14)13-6-4-3-5-11(13)9-16;1-2-8(11)7-4-3-6(9)5-10-7;9-5-6-3-1-2-4-7(6)8(10)11/h3-8,10,15,18H,2H2,1H3;3-5,8,11H,2H2,1H3;1-4,10-11H. The predicted octanol–water partition coefficient (Wildman–Crippen LogP) is 4.59. The SMILES string of the molecule is CCC(O)c1ccc(-c2ccccc2C#N)cn1.CCC(O)c1ccc(Br)cn1.N#Cc1ccccc1B(O)O. The first kappa shape index (κ1) is 32.3. The number of nitriles is 2. The highest BCUT2D eigenvalue weighted by molar-refractivity contribution is 9.10. The van der Waals surface area contributed by atoms with Gasteiger partial charge >= 0.3 is 7.12 Å². The number of hydrogen-bond donors (Lipinski definition) is 4. The minimum Gasteiger partial charge on any atom is -0.423 e. The summed E-state index contributed by atoms with van der Waals surface area (Å²) in [6.45, 7) is 3.83. The zero-order valence-corrected chi connectivity index (χ0v) is 23.8.